The zero-order chi connectivity index (χ0) is 14.0. The first-order chi connectivity index (χ1) is 8.94. The Morgan fingerprint density at radius 3 is 2.79 bits per heavy atom. The zero-order valence-corrected chi connectivity index (χ0v) is 12.2. The number of nitrogens with zero attached hydrogens (tertiary/aromatic N) is 2. The fourth-order valence-electron chi connectivity index (χ4n) is 1.58. The van der Waals surface area contributed by atoms with Gasteiger partial charge in [0.25, 0.3) is 10.0 Å². The molecule has 1 aromatic carbocycles. The molecule has 0 amide bonds. The van der Waals surface area contributed by atoms with Gasteiger partial charge in [0.2, 0.25) is 0 Å². The minimum atomic E-state index is -3.63. The van der Waals surface area contributed by atoms with Crippen molar-refractivity contribution in [1.82, 2.24) is 9.78 Å². The molecule has 7 heteroatoms. The molecule has 102 valence electrons. The van der Waals surface area contributed by atoms with Gasteiger partial charge in [-0.1, -0.05) is 17.7 Å². The zero-order valence-electron chi connectivity index (χ0n) is 10.6. The minimum Gasteiger partial charge on any atom is -0.279 e. The van der Waals surface area contributed by atoms with Crippen LogP contribution in [0.3, 0.4) is 0 Å². The summed E-state index contributed by atoms with van der Waals surface area (Å²) in [6.45, 7) is 4.26. The van der Waals surface area contributed by atoms with Crippen LogP contribution in [0.25, 0.3) is 0 Å². The van der Waals surface area contributed by atoms with Crippen LogP contribution in [0, 0.1) is 6.92 Å². The van der Waals surface area contributed by atoms with Crippen LogP contribution in [0.15, 0.2) is 35.5 Å². The average molecular weight is 300 g/mol. The maximum absolute atomic E-state index is 12.2. The van der Waals surface area contributed by atoms with Gasteiger partial charge in [-0.3, -0.25) is 9.40 Å². The Kier molecular flexibility index (Phi) is 3.82. The van der Waals surface area contributed by atoms with Crippen molar-refractivity contribution in [3.8, 4) is 0 Å². The van der Waals surface area contributed by atoms with Crippen molar-refractivity contribution in [1.29, 1.82) is 0 Å². The molecule has 0 saturated heterocycles. The van der Waals surface area contributed by atoms with E-state index in [0.717, 1.165) is 0 Å². The summed E-state index contributed by atoms with van der Waals surface area (Å²) in [4.78, 5) is 0.133. The maximum atomic E-state index is 12.2. The van der Waals surface area contributed by atoms with E-state index in [4.69, 9.17) is 11.6 Å². The fraction of sp³-hybridized carbons (Fsp3) is 0.250. The third-order valence-corrected chi connectivity index (χ3v) is 4.49. The Morgan fingerprint density at radius 2 is 2.16 bits per heavy atom. The third kappa shape index (κ3) is 2.90. The lowest BCUT2D eigenvalue weighted by Gasteiger charge is -2.10. The van der Waals surface area contributed by atoms with Crippen molar-refractivity contribution in [2.24, 2.45) is 0 Å². The predicted octanol–water partition coefficient (Wildman–Crippen LogP) is 2.67. The van der Waals surface area contributed by atoms with Crippen LogP contribution in [-0.2, 0) is 16.6 Å². The highest BCUT2D eigenvalue weighted by Crippen LogP contribution is 2.25. The molecule has 5 nitrogen and oxygen atoms in total. The molecule has 0 radical (unpaired) electrons. The van der Waals surface area contributed by atoms with E-state index in [1.54, 1.807) is 29.8 Å². The van der Waals surface area contributed by atoms with Gasteiger partial charge >= 0.3 is 0 Å². The predicted molar refractivity (Wildman–Crippen MR) is 74.9 cm³/mol. The maximum Gasteiger partial charge on any atom is 0.265 e. The fourth-order valence-corrected chi connectivity index (χ4v) is 2.83. The Hall–Kier alpha value is -1.53. The molecule has 0 unspecified atom stereocenters. The molecule has 0 aliphatic heterocycles. The summed E-state index contributed by atoms with van der Waals surface area (Å²) in [5.41, 5.74) is 1.16. The van der Waals surface area contributed by atoms with Crippen LogP contribution in [0.5, 0.6) is 0 Å². The van der Waals surface area contributed by atoms with Crippen molar-refractivity contribution in [2.75, 3.05) is 4.72 Å². The standard InChI is InChI=1S/C12H14ClN3O2S/c1-3-16-8-10(7-14-16)19(17,18)15-12-6-4-5-11(13)9(12)2/h4-8,15H,3H2,1-2H3. The molecule has 0 fully saturated rings. The summed E-state index contributed by atoms with van der Waals surface area (Å²) in [7, 11) is -3.63. The number of rotatable bonds is 4. The molecule has 0 atom stereocenters. The number of aryl methyl sites for hydroxylation is 1. The number of halogens is 1. The van der Waals surface area contributed by atoms with Gasteiger partial charge in [-0.2, -0.15) is 5.10 Å². The highest BCUT2D eigenvalue weighted by molar-refractivity contribution is 7.92. The van der Waals surface area contributed by atoms with Crippen LogP contribution in [0.2, 0.25) is 5.02 Å². The number of hydrogen-bond acceptors (Lipinski definition) is 3. The highest BCUT2D eigenvalue weighted by atomic mass is 35.5. The van der Waals surface area contributed by atoms with E-state index in [1.165, 1.54) is 12.4 Å². The first-order valence-electron chi connectivity index (χ1n) is 5.74. The van der Waals surface area contributed by atoms with E-state index < -0.39 is 10.0 Å². The minimum absolute atomic E-state index is 0.133. The number of aromatic nitrogens is 2. The lowest BCUT2D eigenvalue weighted by atomic mass is 10.2. The molecule has 0 spiro atoms. The number of nitrogens with one attached hydrogen (secondary N) is 1. The second kappa shape index (κ2) is 5.22. The monoisotopic (exact) mass is 299 g/mol. The summed E-state index contributed by atoms with van der Waals surface area (Å²) in [6, 6.07) is 5.08. The molecule has 0 aliphatic carbocycles. The van der Waals surface area contributed by atoms with Crippen LogP contribution < -0.4 is 4.72 Å². The molecular weight excluding hydrogens is 286 g/mol. The largest absolute Gasteiger partial charge is 0.279 e. The quantitative estimate of drug-likeness (QED) is 0.944. The number of benzene rings is 1. The number of anilines is 1. The number of hydrogen-bond donors (Lipinski definition) is 1. The van der Waals surface area contributed by atoms with Gasteiger partial charge in [0.05, 0.1) is 11.9 Å². The van der Waals surface area contributed by atoms with Gasteiger partial charge in [0.15, 0.2) is 0 Å². The van der Waals surface area contributed by atoms with Crippen molar-refractivity contribution in [3.05, 3.63) is 41.2 Å². The summed E-state index contributed by atoms with van der Waals surface area (Å²) < 4.78 is 28.4. The molecule has 1 N–H and O–H groups in total. The molecule has 1 aromatic heterocycles. The van der Waals surface area contributed by atoms with Gasteiger partial charge in [0, 0.05) is 17.8 Å². The summed E-state index contributed by atoms with van der Waals surface area (Å²) >= 11 is 5.96. The van der Waals surface area contributed by atoms with Crippen molar-refractivity contribution >= 4 is 27.3 Å². The molecule has 0 bridgehead atoms. The van der Waals surface area contributed by atoms with Crippen LogP contribution in [0.4, 0.5) is 5.69 Å². The van der Waals surface area contributed by atoms with E-state index >= 15 is 0 Å². The molecule has 2 rings (SSSR count). The van der Waals surface area contributed by atoms with Crippen molar-refractivity contribution < 1.29 is 8.42 Å². The highest BCUT2D eigenvalue weighted by Gasteiger charge is 2.17. The molecule has 2 aromatic rings. The van der Waals surface area contributed by atoms with Gasteiger partial charge in [0.1, 0.15) is 4.90 Å². The van der Waals surface area contributed by atoms with Crippen molar-refractivity contribution in [2.45, 2.75) is 25.3 Å². The lowest BCUT2D eigenvalue weighted by molar-refractivity contribution is 0.600. The second-order valence-corrected chi connectivity index (χ2v) is 6.14. The second-order valence-electron chi connectivity index (χ2n) is 4.05. The van der Waals surface area contributed by atoms with E-state index in [-0.39, 0.29) is 4.90 Å². The van der Waals surface area contributed by atoms with Crippen LogP contribution >= 0.6 is 11.6 Å². The normalized spacial score (nSPS) is 11.5. The average Bonchev–Trinajstić information content (AvgIpc) is 2.84. The Labute approximate surface area is 117 Å². The SMILES string of the molecule is CCn1cc(S(=O)(=O)Nc2cccc(Cl)c2C)cn1. The lowest BCUT2D eigenvalue weighted by Crippen LogP contribution is -2.13. The molecule has 0 aliphatic rings. The summed E-state index contributed by atoms with van der Waals surface area (Å²) in [5, 5.41) is 4.47. The smallest absolute Gasteiger partial charge is 0.265 e. The molecule has 1 heterocycles. The van der Waals surface area contributed by atoms with Crippen LogP contribution in [0.1, 0.15) is 12.5 Å². The van der Waals surface area contributed by atoms with E-state index in [2.05, 4.69) is 9.82 Å². The summed E-state index contributed by atoms with van der Waals surface area (Å²) in [5.74, 6) is 0. The van der Waals surface area contributed by atoms with Crippen LogP contribution in [-0.4, -0.2) is 18.2 Å². The van der Waals surface area contributed by atoms with E-state index in [1.807, 2.05) is 6.92 Å². The number of sulfonamides is 1. The Morgan fingerprint density at radius 1 is 1.42 bits per heavy atom. The van der Waals surface area contributed by atoms with Gasteiger partial charge < -0.3 is 0 Å². The third-order valence-electron chi connectivity index (χ3n) is 2.76. The molecular formula is C12H14ClN3O2S. The molecule has 0 saturated carbocycles. The Bertz CT molecular complexity index is 695. The van der Waals surface area contributed by atoms with Gasteiger partial charge in [-0.25, -0.2) is 8.42 Å². The Balaban J connectivity index is 2.33. The van der Waals surface area contributed by atoms with E-state index in [9.17, 15) is 8.42 Å². The molecule has 19 heavy (non-hydrogen) atoms. The first-order valence-corrected chi connectivity index (χ1v) is 7.60. The summed E-state index contributed by atoms with van der Waals surface area (Å²) in [6.07, 6.45) is 2.81. The van der Waals surface area contributed by atoms with Crippen molar-refractivity contribution in [3.63, 3.8) is 0 Å². The first kappa shape index (κ1) is 13.9. The van der Waals surface area contributed by atoms with Gasteiger partial charge in [-0.15, -0.1) is 0 Å². The topological polar surface area (TPSA) is 64.0 Å². The van der Waals surface area contributed by atoms with Gasteiger partial charge in [-0.05, 0) is 31.5 Å². The van der Waals surface area contributed by atoms with E-state index in [0.29, 0.717) is 22.8 Å².